The van der Waals surface area contributed by atoms with E-state index in [1.807, 2.05) is 30.3 Å². The van der Waals surface area contributed by atoms with Crippen LogP contribution in [0.3, 0.4) is 0 Å². The molecule has 0 aliphatic carbocycles. The van der Waals surface area contributed by atoms with E-state index in [-0.39, 0.29) is 6.10 Å². The zero-order valence-electron chi connectivity index (χ0n) is 13.0. The predicted molar refractivity (Wildman–Crippen MR) is 86.9 cm³/mol. The van der Waals surface area contributed by atoms with Crippen LogP contribution in [-0.4, -0.2) is 18.2 Å². The maximum atomic E-state index is 9.98. The molecule has 0 spiro atoms. The van der Waals surface area contributed by atoms with E-state index in [0.29, 0.717) is 6.54 Å². The predicted octanol–water partition coefficient (Wildman–Crippen LogP) is 4.45. The maximum absolute atomic E-state index is 9.98. The molecule has 1 aromatic rings. The lowest BCUT2D eigenvalue weighted by molar-refractivity contribution is 0.174. The highest BCUT2D eigenvalue weighted by Gasteiger charge is 2.05. The first-order chi connectivity index (χ1) is 9.84. The maximum Gasteiger partial charge on any atom is 0.0914 e. The first-order valence-corrected chi connectivity index (χ1v) is 8.28. The lowest BCUT2D eigenvalue weighted by Crippen LogP contribution is -2.22. The summed E-state index contributed by atoms with van der Waals surface area (Å²) in [5.41, 5.74) is 0.996. The van der Waals surface area contributed by atoms with Gasteiger partial charge in [0, 0.05) is 6.54 Å². The summed E-state index contributed by atoms with van der Waals surface area (Å²) in [5, 5.41) is 13.3. The Bertz CT molecular complexity index is 312. The summed E-state index contributed by atoms with van der Waals surface area (Å²) in [5.74, 6) is 0. The van der Waals surface area contributed by atoms with Crippen LogP contribution in [0.5, 0.6) is 0 Å². The van der Waals surface area contributed by atoms with Crippen molar-refractivity contribution in [1.29, 1.82) is 0 Å². The van der Waals surface area contributed by atoms with Gasteiger partial charge >= 0.3 is 0 Å². The first kappa shape index (κ1) is 17.2. The summed E-state index contributed by atoms with van der Waals surface area (Å²) in [7, 11) is 0. The van der Waals surface area contributed by atoms with Crippen LogP contribution >= 0.6 is 0 Å². The van der Waals surface area contributed by atoms with Crippen LogP contribution in [0.2, 0.25) is 0 Å². The van der Waals surface area contributed by atoms with Gasteiger partial charge in [-0.25, -0.2) is 0 Å². The van der Waals surface area contributed by atoms with Crippen molar-refractivity contribution in [2.45, 2.75) is 64.4 Å². The normalized spacial score (nSPS) is 12.5. The third-order valence-corrected chi connectivity index (χ3v) is 3.73. The fraction of sp³-hybridized carbons (Fsp3) is 0.667. The van der Waals surface area contributed by atoms with Crippen LogP contribution in [0, 0.1) is 0 Å². The summed E-state index contributed by atoms with van der Waals surface area (Å²) < 4.78 is 0. The molecule has 0 bridgehead atoms. The third kappa shape index (κ3) is 8.34. The summed E-state index contributed by atoms with van der Waals surface area (Å²) in [6.45, 7) is 3.93. The molecule has 0 aliphatic heterocycles. The van der Waals surface area contributed by atoms with Gasteiger partial charge in [-0.05, 0) is 18.5 Å². The molecular formula is C18H31NO. The molecule has 1 atom stereocenters. The molecule has 0 aliphatic rings. The quantitative estimate of drug-likeness (QED) is 0.553. The molecule has 0 fully saturated rings. The Kier molecular flexibility index (Phi) is 10.3. The van der Waals surface area contributed by atoms with Crippen molar-refractivity contribution < 1.29 is 5.11 Å². The topological polar surface area (TPSA) is 32.3 Å². The smallest absolute Gasteiger partial charge is 0.0914 e. The molecule has 2 heteroatoms. The Hall–Kier alpha value is -0.860. The van der Waals surface area contributed by atoms with Gasteiger partial charge in [-0.15, -0.1) is 0 Å². The summed E-state index contributed by atoms with van der Waals surface area (Å²) in [4.78, 5) is 0. The van der Waals surface area contributed by atoms with Gasteiger partial charge in [-0.1, -0.05) is 82.2 Å². The van der Waals surface area contributed by atoms with Gasteiger partial charge < -0.3 is 10.4 Å². The molecule has 1 unspecified atom stereocenters. The van der Waals surface area contributed by atoms with E-state index in [1.54, 1.807) is 0 Å². The Morgan fingerprint density at radius 1 is 0.900 bits per heavy atom. The average molecular weight is 277 g/mol. The lowest BCUT2D eigenvalue weighted by Gasteiger charge is -2.12. The molecule has 0 saturated carbocycles. The van der Waals surface area contributed by atoms with Crippen LogP contribution < -0.4 is 5.32 Å². The minimum absolute atomic E-state index is 0.384. The second-order valence-electron chi connectivity index (χ2n) is 5.61. The van der Waals surface area contributed by atoms with Gasteiger partial charge in [0.05, 0.1) is 6.10 Å². The molecular weight excluding hydrogens is 246 g/mol. The molecule has 114 valence electrons. The second kappa shape index (κ2) is 11.9. The van der Waals surface area contributed by atoms with Crippen LogP contribution in [0.15, 0.2) is 30.3 Å². The summed E-state index contributed by atoms with van der Waals surface area (Å²) >= 11 is 0. The molecule has 0 radical (unpaired) electrons. The van der Waals surface area contributed by atoms with Gasteiger partial charge in [-0.2, -0.15) is 0 Å². The van der Waals surface area contributed by atoms with E-state index in [4.69, 9.17) is 0 Å². The zero-order valence-corrected chi connectivity index (χ0v) is 13.0. The Morgan fingerprint density at radius 2 is 1.50 bits per heavy atom. The minimum Gasteiger partial charge on any atom is -0.387 e. The minimum atomic E-state index is -0.384. The molecule has 0 heterocycles. The number of rotatable bonds is 12. The largest absolute Gasteiger partial charge is 0.387 e. The van der Waals surface area contributed by atoms with Gasteiger partial charge in [0.15, 0.2) is 0 Å². The molecule has 1 rings (SSSR count). The van der Waals surface area contributed by atoms with Crippen molar-refractivity contribution in [2.75, 3.05) is 13.1 Å². The van der Waals surface area contributed by atoms with Gasteiger partial charge in [0.1, 0.15) is 0 Å². The zero-order chi connectivity index (χ0) is 14.5. The SMILES string of the molecule is CCCCCCCCCCNCC(O)c1ccccc1. The van der Waals surface area contributed by atoms with E-state index in [9.17, 15) is 5.11 Å². The third-order valence-electron chi connectivity index (χ3n) is 3.73. The number of aliphatic hydroxyl groups is 1. The van der Waals surface area contributed by atoms with Crippen molar-refractivity contribution >= 4 is 0 Å². The monoisotopic (exact) mass is 277 g/mol. The van der Waals surface area contributed by atoms with Gasteiger partial charge in [0.2, 0.25) is 0 Å². The Morgan fingerprint density at radius 3 is 2.15 bits per heavy atom. The molecule has 0 amide bonds. The molecule has 2 nitrogen and oxygen atoms in total. The Balaban J connectivity index is 1.90. The molecule has 0 aromatic heterocycles. The molecule has 2 N–H and O–H groups in total. The van der Waals surface area contributed by atoms with Gasteiger partial charge in [0.25, 0.3) is 0 Å². The van der Waals surface area contributed by atoms with Crippen molar-refractivity contribution in [2.24, 2.45) is 0 Å². The van der Waals surface area contributed by atoms with E-state index >= 15 is 0 Å². The van der Waals surface area contributed by atoms with Crippen LogP contribution in [0.4, 0.5) is 0 Å². The highest BCUT2D eigenvalue weighted by molar-refractivity contribution is 5.17. The standard InChI is InChI=1S/C18H31NO/c1-2-3-4-5-6-7-8-12-15-19-16-18(20)17-13-10-9-11-14-17/h9-11,13-14,18-20H,2-8,12,15-16H2,1H3. The second-order valence-corrected chi connectivity index (χ2v) is 5.61. The van der Waals surface area contributed by atoms with Crippen molar-refractivity contribution in [1.82, 2.24) is 5.32 Å². The first-order valence-electron chi connectivity index (χ1n) is 8.28. The van der Waals surface area contributed by atoms with Crippen LogP contribution in [0.25, 0.3) is 0 Å². The van der Waals surface area contributed by atoms with Crippen LogP contribution in [0.1, 0.15) is 70.0 Å². The van der Waals surface area contributed by atoms with Crippen molar-refractivity contribution in [3.05, 3.63) is 35.9 Å². The van der Waals surface area contributed by atoms with Crippen LogP contribution in [-0.2, 0) is 0 Å². The number of benzene rings is 1. The summed E-state index contributed by atoms with van der Waals surface area (Å²) in [6, 6.07) is 9.86. The van der Waals surface area contributed by atoms with Gasteiger partial charge in [-0.3, -0.25) is 0 Å². The van der Waals surface area contributed by atoms with E-state index < -0.39 is 0 Å². The lowest BCUT2D eigenvalue weighted by atomic mass is 10.1. The molecule has 20 heavy (non-hydrogen) atoms. The number of aliphatic hydroxyl groups excluding tert-OH is 1. The highest BCUT2D eigenvalue weighted by Crippen LogP contribution is 2.11. The Labute approximate surface area is 124 Å². The fourth-order valence-electron chi connectivity index (χ4n) is 2.42. The average Bonchev–Trinajstić information content (AvgIpc) is 2.50. The number of nitrogens with one attached hydrogen (secondary N) is 1. The number of hydrogen-bond acceptors (Lipinski definition) is 2. The van der Waals surface area contributed by atoms with E-state index in [2.05, 4.69) is 12.2 Å². The number of hydrogen-bond donors (Lipinski definition) is 2. The summed E-state index contributed by atoms with van der Waals surface area (Å²) in [6.07, 6.45) is 10.4. The van der Waals surface area contributed by atoms with Crippen molar-refractivity contribution in [3.63, 3.8) is 0 Å². The van der Waals surface area contributed by atoms with E-state index in [0.717, 1.165) is 12.1 Å². The van der Waals surface area contributed by atoms with Crippen molar-refractivity contribution in [3.8, 4) is 0 Å². The van der Waals surface area contributed by atoms with E-state index in [1.165, 1.54) is 51.4 Å². The highest BCUT2D eigenvalue weighted by atomic mass is 16.3. The number of unbranched alkanes of at least 4 members (excludes halogenated alkanes) is 7. The molecule has 1 aromatic carbocycles. The molecule has 0 saturated heterocycles. The fourth-order valence-corrected chi connectivity index (χ4v) is 2.42.